The van der Waals surface area contributed by atoms with Gasteiger partial charge in [-0.3, -0.25) is 19.2 Å². The maximum absolute atomic E-state index is 13.2. The number of ketones is 1. The lowest BCUT2D eigenvalue weighted by molar-refractivity contribution is -0.132. The predicted octanol–water partition coefficient (Wildman–Crippen LogP) is 2.67. The third kappa shape index (κ3) is 7.26. The van der Waals surface area contributed by atoms with E-state index in [0.717, 1.165) is 22.0 Å². The number of carbonyl (C=O) groups is 4. The van der Waals surface area contributed by atoms with Crippen molar-refractivity contribution in [3.63, 3.8) is 0 Å². The van der Waals surface area contributed by atoms with Gasteiger partial charge in [-0.25, -0.2) is 0 Å². The van der Waals surface area contributed by atoms with E-state index in [4.69, 9.17) is 17.0 Å². The van der Waals surface area contributed by atoms with Crippen LogP contribution in [-0.4, -0.2) is 46.8 Å². The molecule has 2 atom stereocenters. The minimum atomic E-state index is -1.03. The van der Waals surface area contributed by atoms with Gasteiger partial charge in [-0.15, -0.1) is 0 Å². The van der Waals surface area contributed by atoms with E-state index < -0.39 is 35.6 Å². The molecule has 0 fully saturated rings. The van der Waals surface area contributed by atoms with Gasteiger partial charge >= 0.3 is 0 Å². The van der Waals surface area contributed by atoms with Gasteiger partial charge in [0.2, 0.25) is 17.7 Å². The van der Waals surface area contributed by atoms with Crippen LogP contribution < -0.4 is 16.0 Å². The van der Waals surface area contributed by atoms with Crippen LogP contribution in [0, 0.1) is 5.41 Å². The summed E-state index contributed by atoms with van der Waals surface area (Å²) in [6, 6.07) is 12.7. The van der Waals surface area contributed by atoms with Crippen LogP contribution in [0.15, 0.2) is 54.7 Å². The zero-order chi connectivity index (χ0) is 26.1. The summed E-state index contributed by atoms with van der Waals surface area (Å²) in [5.74, 6) is -1.90. The van der Waals surface area contributed by atoms with Crippen molar-refractivity contribution in [3.8, 4) is 0 Å². The minimum Gasteiger partial charge on any atom is -0.360 e. The summed E-state index contributed by atoms with van der Waals surface area (Å²) in [5, 5.41) is 16.6. The highest BCUT2D eigenvalue weighted by atomic mass is 35.5. The Morgan fingerprint density at radius 3 is 2.44 bits per heavy atom. The number of hydrogen-bond donors (Lipinski definition) is 5. The van der Waals surface area contributed by atoms with Gasteiger partial charge in [-0.05, 0) is 23.6 Å². The largest absolute Gasteiger partial charge is 0.360 e. The Morgan fingerprint density at radius 1 is 1.00 bits per heavy atom. The molecular weight excluding hydrogens is 482 g/mol. The number of amides is 3. The first-order valence-corrected chi connectivity index (χ1v) is 11.8. The lowest BCUT2D eigenvalue weighted by Gasteiger charge is -2.23. The third-order valence-corrected chi connectivity index (χ3v) is 5.97. The number of aromatic amines is 1. The van der Waals surface area contributed by atoms with Crippen molar-refractivity contribution >= 4 is 52.2 Å². The van der Waals surface area contributed by atoms with E-state index in [0.29, 0.717) is 11.2 Å². The van der Waals surface area contributed by atoms with Crippen LogP contribution in [-0.2, 0) is 32.1 Å². The second-order valence-corrected chi connectivity index (χ2v) is 8.75. The van der Waals surface area contributed by atoms with E-state index in [1.807, 2.05) is 36.4 Å². The van der Waals surface area contributed by atoms with Gasteiger partial charge in [0.15, 0.2) is 5.78 Å². The molecule has 0 spiro atoms. The van der Waals surface area contributed by atoms with E-state index in [1.54, 1.807) is 18.3 Å². The van der Waals surface area contributed by atoms with Crippen LogP contribution in [0.5, 0.6) is 0 Å². The van der Waals surface area contributed by atoms with Crippen LogP contribution in [0.3, 0.4) is 0 Å². The molecule has 3 amide bonds. The number of para-hydroxylation sites is 1. The zero-order valence-corrected chi connectivity index (χ0v) is 20.5. The number of aromatic nitrogens is 1. The number of fused-ring (bicyclic) bond motifs is 1. The molecule has 0 bridgehead atoms. The molecule has 0 radical (unpaired) electrons. The van der Waals surface area contributed by atoms with E-state index in [1.165, 1.54) is 6.92 Å². The van der Waals surface area contributed by atoms with Gasteiger partial charge in [0.1, 0.15) is 12.1 Å². The normalized spacial score (nSPS) is 12.4. The number of rotatable bonds is 12. The molecule has 36 heavy (non-hydrogen) atoms. The van der Waals surface area contributed by atoms with Crippen molar-refractivity contribution in [2.75, 3.05) is 0 Å². The topological polar surface area (TPSA) is 144 Å². The molecule has 3 rings (SSSR count). The van der Waals surface area contributed by atoms with Crippen molar-refractivity contribution in [1.82, 2.24) is 20.9 Å². The summed E-state index contributed by atoms with van der Waals surface area (Å²) < 4.78 is 0. The molecule has 3 aromatic rings. The minimum absolute atomic E-state index is 0.00998. The summed E-state index contributed by atoms with van der Waals surface area (Å²) in [6.45, 7) is 1.55. The number of carbonyl (C=O) groups excluding carboxylic acids is 4. The molecule has 0 aliphatic carbocycles. The molecule has 188 valence electrons. The molecular formula is C26H28ClN5O4. The first-order valence-electron chi connectivity index (χ1n) is 11.5. The second kappa shape index (κ2) is 12.6. The highest BCUT2D eigenvalue weighted by molar-refractivity contribution is 6.35. The Labute approximate surface area is 213 Å². The standard InChI is InChI=1S/C26H28ClN5O4/c1-16(33)31-23(12-18-15-29-24-20(18)8-5-9-21(24)27)26(36)32-22(11-10-19(34)13-28)25(35)30-14-17-6-3-2-4-7-17/h2-9,13,15,22-23,28-29H,10-12,14H2,1H3,(H,30,35)(H,31,33)(H,32,36)/t22-,23-/m0/s1. The predicted molar refractivity (Wildman–Crippen MR) is 138 cm³/mol. The van der Waals surface area contributed by atoms with E-state index >= 15 is 0 Å². The van der Waals surface area contributed by atoms with E-state index in [2.05, 4.69) is 20.9 Å². The zero-order valence-electron chi connectivity index (χ0n) is 19.8. The van der Waals surface area contributed by atoms with Crippen molar-refractivity contribution in [2.45, 2.75) is 44.8 Å². The quantitative estimate of drug-likeness (QED) is 0.239. The molecule has 9 nitrogen and oxygen atoms in total. The first kappa shape index (κ1) is 26.6. The van der Waals surface area contributed by atoms with Crippen LogP contribution in [0.4, 0.5) is 0 Å². The van der Waals surface area contributed by atoms with Crippen LogP contribution in [0.1, 0.15) is 30.9 Å². The van der Waals surface area contributed by atoms with Crippen LogP contribution in [0.25, 0.3) is 10.9 Å². The SMILES string of the molecule is CC(=O)N[C@@H](Cc1c[nH]c2c(Cl)cccc12)C(=O)N[C@@H](CCC(=O)C=N)C(=O)NCc1ccccc1. The second-order valence-electron chi connectivity index (χ2n) is 8.35. The van der Waals surface area contributed by atoms with E-state index in [-0.39, 0.29) is 25.8 Å². The molecule has 0 saturated heterocycles. The number of H-pyrrole nitrogens is 1. The Balaban J connectivity index is 1.76. The smallest absolute Gasteiger partial charge is 0.243 e. The maximum atomic E-state index is 13.2. The average molecular weight is 510 g/mol. The summed E-state index contributed by atoms with van der Waals surface area (Å²) in [6.07, 6.45) is 2.49. The maximum Gasteiger partial charge on any atom is 0.243 e. The van der Waals surface area contributed by atoms with Gasteiger partial charge in [0, 0.05) is 37.9 Å². The first-order chi connectivity index (χ1) is 17.3. The fourth-order valence-electron chi connectivity index (χ4n) is 3.83. The molecule has 0 unspecified atom stereocenters. The van der Waals surface area contributed by atoms with E-state index in [9.17, 15) is 19.2 Å². The number of benzene rings is 2. The van der Waals surface area contributed by atoms with Gasteiger partial charge < -0.3 is 26.3 Å². The lowest BCUT2D eigenvalue weighted by atomic mass is 10.0. The molecule has 2 aromatic carbocycles. The van der Waals surface area contributed by atoms with Gasteiger partial charge in [-0.1, -0.05) is 54.1 Å². The molecule has 10 heteroatoms. The van der Waals surface area contributed by atoms with Gasteiger partial charge in [0.05, 0.1) is 16.8 Å². The Hall–Kier alpha value is -3.98. The van der Waals surface area contributed by atoms with Crippen molar-refractivity contribution in [3.05, 3.63) is 70.9 Å². The van der Waals surface area contributed by atoms with Gasteiger partial charge in [0.25, 0.3) is 0 Å². The monoisotopic (exact) mass is 509 g/mol. The lowest BCUT2D eigenvalue weighted by Crippen LogP contribution is -2.54. The molecule has 0 saturated carbocycles. The highest BCUT2D eigenvalue weighted by Crippen LogP contribution is 2.26. The van der Waals surface area contributed by atoms with Crippen molar-refractivity contribution < 1.29 is 19.2 Å². The molecule has 5 N–H and O–H groups in total. The summed E-state index contributed by atoms with van der Waals surface area (Å²) in [5.41, 5.74) is 2.37. The molecule has 0 aliphatic rings. The number of nitrogens with one attached hydrogen (secondary N) is 5. The number of Topliss-reactive ketones (excluding diaryl/α,β-unsaturated/α-hetero) is 1. The summed E-state index contributed by atoms with van der Waals surface area (Å²) >= 11 is 6.24. The molecule has 0 aliphatic heterocycles. The molecule has 1 aromatic heterocycles. The summed E-state index contributed by atoms with van der Waals surface area (Å²) in [7, 11) is 0. The van der Waals surface area contributed by atoms with Gasteiger partial charge in [-0.2, -0.15) is 0 Å². The average Bonchev–Trinajstić information content (AvgIpc) is 3.28. The Morgan fingerprint density at radius 2 is 1.75 bits per heavy atom. The van der Waals surface area contributed by atoms with Crippen LogP contribution in [0.2, 0.25) is 5.02 Å². The third-order valence-electron chi connectivity index (χ3n) is 5.65. The summed E-state index contributed by atoms with van der Waals surface area (Å²) in [4.78, 5) is 52.8. The van der Waals surface area contributed by atoms with Crippen molar-refractivity contribution in [1.29, 1.82) is 5.41 Å². The fraction of sp³-hybridized carbons (Fsp3) is 0.269. The number of hydrogen-bond acceptors (Lipinski definition) is 5. The highest BCUT2D eigenvalue weighted by Gasteiger charge is 2.27. The van der Waals surface area contributed by atoms with Crippen LogP contribution >= 0.6 is 11.6 Å². The Kier molecular flexibility index (Phi) is 9.35. The van der Waals surface area contributed by atoms with Crippen molar-refractivity contribution in [2.24, 2.45) is 0 Å². The number of halogens is 1. The fourth-order valence-corrected chi connectivity index (χ4v) is 4.06. The molecule has 1 heterocycles. The Bertz CT molecular complexity index is 1260.